The van der Waals surface area contributed by atoms with Crippen LogP contribution in [0.5, 0.6) is 0 Å². The van der Waals surface area contributed by atoms with Crippen molar-refractivity contribution in [3.63, 3.8) is 0 Å². The lowest BCUT2D eigenvalue weighted by atomic mass is 9.77. The molecule has 0 aromatic heterocycles. The van der Waals surface area contributed by atoms with Crippen molar-refractivity contribution < 1.29 is 0 Å². The molecule has 0 saturated carbocycles. The first-order chi connectivity index (χ1) is 6.83. The molecule has 0 amide bonds. The van der Waals surface area contributed by atoms with Crippen LogP contribution in [0.3, 0.4) is 0 Å². The third-order valence-electron chi connectivity index (χ3n) is 3.35. The molecule has 0 radical (unpaired) electrons. The van der Waals surface area contributed by atoms with Gasteiger partial charge in [-0.3, -0.25) is 0 Å². The summed E-state index contributed by atoms with van der Waals surface area (Å²) in [6, 6.07) is 8.96. The summed E-state index contributed by atoms with van der Waals surface area (Å²) in [6.07, 6.45) is 4.00. The summed E-state index contributed by atoms with van der Waals surface area (Å²) in [7, 11) is 0. The van der Waals surface area contributed by atoms with E-state index in [1.165, 1.54) is 19.3 Å². The van der Waals surface area contributed by atoms with Gasteiger partial charge in [0.1, 0.15) is 0 Å². The molecule has 76 valence electrons. The van der Waals surface area contributed by atoms with Crippen LogP contribution in [0.25, 0.3) is 0 Å². The van der Waals surface area contributed by atoms with Gasteiger partial charge in [0.2, 0.25) is 0 Å². The van der Waals surface area contributed by atoms with Crippen molar-refractivity contribution in [3.8, 4) is 0 Å². The average molecular weight is 253 g/mol. The molecule has 0 N–H and O–H groups in total. The number of aryl methyl sites for hydroxylation is 1. The fraction of sp³-hybridized carbons (Fsp3) is 0.538. The lowest BCUT2D eigenvalue weighted by Crippen LogP contribution is -2.17. The second kappa shape index (κ2) is 4.48. The van der Waals surface area contributed by atoms with Gasteiger partial charge in [-0.15, -0.1) is 0 Å². The van der Waals surface area contributed by atoms with E-state index in [9.17, 15) is 0 Å². The highest BCUT2D eigenvalue weighted by atomic mass is 79.9. The smallest absolute Gasteiger partial charge is 0.00628 e. The Kier molecular flexibility index (Phi) is 3.27. The van der Waals surface area contributed by atoms with Crippen LogP contribution in [0.15, 0.2) is 24.3 Å². The number of benzene rings is 1. The zero-order chi connectivity index (χ0) is 9.97. The molecule has 14 heavy (non-hydrogen) atoms. The molecular weight excluding hydrogens is 236 g/mol. The third kappa shape index (κ3) is 1.88. The van der Waals surface area contributed by atoms with Crippen molar-refractivity contribution in [2.75, 3.05) is 5.33 Å². The molecule has 0 spiro atoms. The van der Waals surface area contributed by atoms with Crippen molar-refractivity contribution in [3.05, 3.63) is 35.4 Å². The molecule has 0 saturated heterocycles. The SMILES string of the molecule is CC(CBr)C1CCCc2ccccc21. The Morgan fingerprint density at radius 1 is 1.43 bits per heavy atom. The topological polar surface area (TPSA) is 0 Å². The van der Waals surface area contributed by atoms with Gasteiger partial charge in [-0.05, 0) is 42.2 Å². The summed E-state index contributed by atoms with van der Waals surface area (Å²) >= 11 is 3.60. The second-order valence-corrected chi connectivity index (χ2v) is 4.98. The van der Waals surface area contributed by atoms with Crippen LogP contribution in [-0.4, -0.2) is 5.33 Å². The average Bonchev–Trinajstić information content (AvgIpc) is 2.27. The van der Waals surface area contributed by atoms with Gasteiger partial charge < -0.3 is 0 Å². The predicted octanol–water partition coefficient (Wildman–Crippen LogP) is 4.14. The minimum atomic E-state index is 0.761. The Balaban J connectivity index is 2.30. The van der Waals surface area contributed by atoms with Crippen LogP contribution in [0.4, 0.5) is 0 Å². The third-order valence-corrected chi connectivity index (χ3v) is 4.37. The van der Waals surface area contributed by atoms with Crippen LogP contribution < -0.4 is 0 Å². The molecule has 1 aliphatic rings. The summed E-state index contributed by atoms with van der Waals surface area (Å²) < 4.78 is 0. The molecule has 1 aromatic rings. The van der Waals surface area contributed by atoms with E-state index in [0.717, 1.165) is 17.2 Å². The molecule has 0 heterocycles. The molecule has 0 nitrogen and oxygen atoms in total. The minimum absolute atomic E-state index is 0.761. The van der Waals surface area contributed by atoms with E-state index in [-0.39, 0.29) is 0 Å². The summed E-state index contributed by atoms with van der Waals surface area (Å²) in [4.78, 5) is 0. The fourth-order valence-electron chi connectivity index (χ4n) is 2.49. The van der Waals surface area contributed by atoms with Gasteiger partial charge in [-0.2, -0.15) is 0 Å². The van der Waals surface area contributed by atoms with E-state index in [2.05, 4.69) is 47.1 Å². The summed E-state index contributed by atoms with van der Waals surface area (Å²) in [5.41, 5.74) is 3.18. The van der Waals surface area contributed by atoms with E-state index in [0.29, 0.717) is 0 Å². The highest BCUT2D eigenvalue weighted by Gasteiger charge is 2.23. The van der Waals surface area contributed by atoms with E-state index in [1.54, 1.807) is 11.1 Å². The lowest BCUT2D eigenvalue weighted by Gasteiger charge is -2.29. The largest absolute Gasteiger partial charge is 0.0925 e. The molecule has 0 fully saturated rings. The fourth-order valence-corrected chi connectivity index (χ4v) is 2.94. The minimum Gasteiger partial charge on any atom is -0.0925 e. The van der Waals surface area contributed by atoms with Gasteiger partial charge in [-0.25, -0.2) is 0 Å². The van der Waals surface area contributed by atoms with Gasteiger partial charge in [0.15, 0.2) is 0 Å². The monoisotopic (exact) mass is 252 g/mol. The number of hydrogen-bond donors (Lipinski definition) is 0. The first kappa shape index (κ1) is 10.2. The maximum absolute atomic E-state index is 3.60. The van der Waals surface area contributed by atoms with Gasteiger partial charge in [0.05, 0.1) is 0 Å². The summed E-state index contributed by atoms with van der Waals surface area (Å²) in [5.74, 6) is 1.54. The van der Waals surface area contributed by atoms with Gasteiger partial charge in [0, 0.05) is 5.33 Å². The van der Waals surface area contributed by atoms with Crippen LogP contribution in [0.2, 0.25) is 0 Å². The number of fused-ring (bicyclic) bond motifs is 1. The van der Waals surface area contributed by atoms with Gasteiger partial charge in [-0.1, -0.05) is 47.1 Å². The summed E-state index contributed by atoms with van der Waals surface area (Å²) in [5, 5.41) is 1.12. The number of rotatable bonds is 2. The zero-order valence-corrected chi connectivity index (χ0v) is 10.3. The Labute approximate surface area is 94.8 Å². The van der Waals surface area contributed by atoms with Crippen LogP contribution >= 0.6 is 15.9 Å². The van der Waals surface area contributed by atoms with Gasteiger partial charge in [0.25, 0.3) is 0 Å². The Morgan fingerprint density at radius 3 is 3.00 bits per heavy atom. The molecule has 2 unspecified atom stereocenters. The molecule has 0 bridgehead atoms. The first-order valence-corrected chi connectivity index (χ1v) is 6.59. The van der Waals surface area contributed by atoms with Crippen molar-refractivity contribution >= 4 is 15.9 Å². The lowest BCUT2D eigenvalue weighted by molar-refractivity contribution is 0.441. The van der Waals surface area contributed by atoms with E-state index in [1.807, 2.05) is 0 Å². The number of hydrogen-bond acceptors (Lipinski definition) is 0. The van der Waals surface area contributed by atoms with Gasteiger partial charge >= 0.3 is 0 Å². The van der Waals surface area contributed by atoms with E-state index >= 15 is 0 Å². The van der Waals surface area contributed by atoms with Crippen molar-refractivity contribution in [2.45, 2.75) is 32.1 Å². The molecule has 1 aromatic carbocycles. The van der Waals surface area contributed by atoms with Crippen LogP contribution in [0, 0.1) is 5.92 Å². The van der Waals surface area contributed by atoms with Crippen molar-refractivity contribution in [2.24, 2.45) is 5.92 Å². The highest BCUT2D eigenvalue weighted by Crippen LogP contribution is 2.37. The Hall–Kier alpha value is -0.300. The zero-order valence-electron chi connectivity index (χ0n) is 8.67. The standard InChI is InChI=1S/C13H17Br/c1-10(9-14)12-8-4-6-11-5-2-3-7-13(11)12/h2-3,5,7,10,12H,4,6,8-9H2,1H3. The normalized spacial score (nSPS) is 22.9. The molecule has 1 aliphatic carbocycles. The number of alkyl halides is 1. The number of halogens is 1. The molecular formula is C13H17Br. The van der Waals surface area contributed by atoms with Crippen LogP contribution in [-0.2, 0) is 6.42 Å². The molecule has 2 atom stereocenters. The molecule has 0 aliphatic heterocycles. The van der Waals surface area contributed by atoms with E-state index in [4.69, 9.17) is 0 Å². The van der Waals surface area contributed by atoms with Crippen molar-refractivity contribution in [1.82, 2.24) is 0 Å². The predicted molar refractivity (Wildman–Crippen MR) is 65.1 cm³/mol. The Bertz CT molecular complexity index is 306. The van der Waals surface area contributed by atoms with E-state index < -0.39 is 0 Å². The first-order valence-electron chi connectivity index (χ1n) is 5.46. The molecule has 2 rings (SSSR count). The maximum atomic E-state index is 3.60. The van der Waals surface area contributed by atoms with Crippen LogP contribution in [0.1, 0.15) is 36.8 Å². The summed E-state index contributed by atoms with van der Waals surface area (Å²) in [6.45, 7) is 2.35. The maximum Gasteiger partial charge on any atom is 0.00628 e. The van der Waals surface area contributed by atoms with Crippen molar-refractivity contribution in [1.29, 1.82) is 0 Å². The highest BCUT2D eigenvalue weighted by molar-refractivity contribution is 9.09. The molecule has 1 heteroatoms. The quantitative estimate of drug-likeness (QED) is 0.695. The second-order valence-electron chi connectivity index (χ2n) is 4.33. The Morgan fingerprint density at radius 2 is 2.21 bits per heavy atom.